The summed E-state index contributed by atoms with van der Waals surface area (Å²) in [7, 11) is 0. The maximum atomic E-state index is 6.34. The Bertz CT molecular complexity index is 869. The van der Waals surface area contributed by atoms with E-state index in [0.29, 0.717) is 22.2 Å². The predicted molar refractivity (Wildman–Crippen MR) is 102 cm³/mol. The number of rotatable bonds is 3. The zero-order chi connectivity index (χ0) is 17.3. The molecule has 0 aromatic heterocycles. The summed E-state index contributed by atoms with van der Waals surface area (Å²) < 4.78 is 0. The minimum absolute atomic E-state index is 0.121. The van der Waals surface area contributed by atoms with E-state index in [4.69, 9.17) is 34.7 Å². The average Bonchev–Trinajstić information content (AvgIpc) is 2.57. The van der Waals surface area contributed by atoms with Gasteiger partial charge in [0, 0.05) is 23.4 Å². The molecule has 0 unspecified atom stereocenters. The van der Waals surface area contributed by atoms with Gasteiger partial charge in [-0.1, -0.05) is 60.1 Å². The highest BCUT2D eigenvalue weighted by Gasteiger charge is 2.26. The van der Waals surface area contributed by atoms with Crippen molar-refractivity contribution < 1.29 is 0 Å². The Morgan fingerprint density at radius 2 is 1.92 bits per heavy atom. The van der Waals surface area contributed by atoms with Crippen LogP contribution in [0.5, 0.6) is 0 Å². The lowest BCUT2D eigenvalue weighted by molar-refractivity contribution is 0.799. The van der Waals surface area contributed by atoms with Gasteiger partial charge in [0.2, 0.25) is 0 Å². The largest absolute Gasteiger partial charge is 0.398 e. The highest BCUT2D eigenvalue weighted by atomic mass is 35.5. The summed E-state index contributed by atoms with van der Waals surface area (Å²) >= 11 is 12.3. The summed E-state index contributed by atoms with van der Waals surface area (Å²) in [5.41, 5.74) is 16.8. The van der Waals surface area contributed by atoms with E-state index >= 15 is 0 Å². The second kappa shape index (κ2) is 6.71. The topological polar surface area (TPSA) is 64.4 Å². The van der Waals surface area contributed by atoms with Gasteiger partial charge in [-0.2, -0.15) is 0 Å². The molecule has 0 radical (unpaired) electrons. The molecule has 1 aliphatic rings. The summed E-state index contributed by atoms with van der Waals surface area (Å²) in [5, 5.41) is 1.08. The van der Waals surface area contributed by atoms with Crippen molar-refractivity contribution in [1.82, 2.24) is 0 Å². The summed E-state index contributed by atoms with van der Waals surface area (Å²) in [5.74, 6) is 0.371. The number of hydrogen-bond acceptors (Lipinski definition) is 3. The molecule has 3 nitrogen and oxygen atoms in total. The van der Waals surface area contributed by atoms with E-state index in [1.165, 1.54) is 0 Å². The fourth-order valence-electron chi connectivity index (χ4n) is 2.97. The highest BCUT2D eigenvalue weighted by Crippen LogP contribution is 2.41. The van der Waals surface area contributed by atoms with Crippen molar-refractivity contribution in [2.45, 2.75) is 12.3 Å². The SMILES string of the molecule is C=C(N)/N=C\C1=C(N)c2ccccc2[C@H](c2ccc(Cl)c(Cl)c2)C1. The van der Waals surface area contributed by atoms with Crippen LogP contribution in [0, 0.1) is 0 Å². The fraction of sp³-hybridized carbons (Fsp3) is 0.105. The van der Waals surface area contributed by atoms with Gasteiger partial charge in [-0.15, -0.1) is 0 Å². The van der Waals surface area contributed by atoms with Crippen LogP contribution in [0.4, 0.5) is 0 Å². The molecule has 4 N–H and O–H groups in total. The van der Waals surface area contributed by atoms with Crippen molar-refractivity contribution in [3.63, 3.8) is 0 Å². The van der Waals surface area contributed by atoms with E-state index in [2.05, 4.69) is 17.6 Å². The molecule has 2 aromatic carbocycles. The van der Waals surface area contributed by atoms with Crippen molar-refractivity contribution >= 4 is 35.1 Å². The number of allylic oxidation sites excluding steroid dienone is 1. The van der Waals surface area contributed by atoms with Crippen molar-refractivity contribution in [2.24, 2.45) is 16.5 Å². The Kier molecular flexibility index (Phi) is 4.65. The van der Waals surface area contributed by atoms with Crippen LogP contribution < -0.4 is 11.5 Å². The number of halogens is 2. The van der Waals surface area contributed by atoms with E-state index in [9.17, 15) is 0 Å². The summed E-state index contributed by atoms with van der Waals surface area (Å²) in [6, 6.07) is 13.8. The van der Waals surface area contributed by atoms with E-state index in [1.54, 1.807) is 6.21 Å². The first-order chi connectivity index (χ1) is 11.5. The van der Waals surface area contributed by atoms with Crippen LogP contribution in [0.3, 0.4) is 0 Å². The third-order valence-electron chi connectivity index (χ3n) is 4.13. The van der Waals surface area contributed by atoms with Gasteiger partial charge in [-0.05, 0) is 35.3 Å². The summed E-state index contributed by atoms with van der Waals surface area (Å²) in [6.07, 6.45) is 2.40. The smallest absolute Gasteiger partial charge is 0.116 e. The zero-order valence-electron chi connectivity index (χ0n) is 13.0. The predicted octanol–water partition coefficient (Wildman–Crippen LogP) is 4.70. The molecule has 1 atom stereocenters. The first-order valence-corrected chi connectivity index (χ1v) is 8.24. The molecule has 0 amide bonds. The van der Waals surface area contributed by atoms with E-state index in [1.807, 2.05) is 36.4 Å². The third-order valence-corrected chi connectivity index (χ3v) is 4.87. The second-order valence-electron chi connectivity index (χ2n) is 5.71. The Morgan fingerprint density at radius 1 is 1.17 bits per heavy atom. The second-order valence-corrected chi connectivity index (χ2v) is 6.52. The van der Waals surface area contributed by atoms with Crippen LogP contribution in [0.1, 0.15) is 29.0 Å². The molecule has 0 saturated heterocycles. The highest BCUT2D eigenvalue weighted by molar-refractivity contribution is 6.42. The number of aliphatic imine (C=N–C) groups is 1. The number of hydrogen-bond donors (Lipinski definition) is 2. The molecule has 0 aliphatic heterocycles. The Morgan fingerprint density at radius 3 is 2.62 bits per heavy atom. The maximum Gasteiger partial charge on any atom is 0.116 e. The molecule has 0 saturated carbocycles. The van der Waals surface area contributed by atoms with Crippen LogP contribution in [0.15, 0.2) is 65.4 Å². The number of benzene rings is 2. The van der Waals surface area contributed by atoms with Gasteiger partial charge in [-0.25, -0.2) is 4.99 Å². The number of fused-ring (bicyclic) bond motifs is 1. The molecule has 0 spiro atoms. The van der Waals surface area contributed by atoms with E-state index in [-0.39, 0.29) is 11.7 Å². The molecule has 1 aliphatic carbocycles. The molecular formula is C19H17Cl2N3. The van der Waals surface area contributed by atoms with Crippen LogP contribution >= 0.6 is 23.2 Å². The standard InChI is InChI=1S/C19H17Cl2N3/c1-11(22)24-10-13-8-16(12-6-7-17(20)18(21)9-12)14-4-2-3-5-15(14)19(13)23/h2-7,9-10,16H,1,8,22-23H2/b24-10-/t16-/m0/s1. The Labute approximate surface area is 151 Å². The molecule has 0 fully saturated rings. The van der Waals surface area contributed by atoms with Crippen molar-refractivity contribution in [1.29, 1.82) is 0 Å². The maximum absolute atomic E-state index is 6.34. The van der Waals surface area contributed by atoms with E-state index < -0.39 is 0 Å². The lowest BCUT2D eigenvalue weighted by atomic mass is 9.78. The van der Waals surface area contributed by atoms with Crippen LogP contribution in [0.2, 0.25) is 10.0 Å². The zero-order valence-corrected chi connectivity index (χ0v) is 14.5. The number of nitrogens with zero attached hydrogens (tertiary/aromatic N) is 1. The molecule has 2 aromatic rings. The lowest BCUT2D eigenvalue weighted by Crippen LogP contribution is -2.17. The van der Waals surface area contributed by atoms with Crippen molar-refractivity contribution in [2.75, 3.05) is 0 Å². The third kappa shape index (κ3) is 3.18. The van der Waals surface area contributed by atoms with E-state index in [0.717, 1.165) is 22.3 Å². The van der Waals surface area contributed by atoms with Crippen molar-refractivity contribution in [3.05, 3.63) is 87.2 Å². The van der Waals surface area contributed by atoms with Crippen LogP contribution in [0.25, 0.3) is 5.70 Å². The van der Waals surface area contributed by atoms with Gasteiger partial charge in [0.1, 0.15) is 5.82 Å². The van der Waals surface area contributed by atoms with Gasteiger partial charge in [0.15, 0.2) is 0 Å². The number of nitrogens with two attached hydrogens (primary N) is 2. The van der Waals surface area contributed by atoms with Crippen LogP contribution in [-0.4, -0.2) is 6.21 Å². The minimum Gasteiger partial charge on any atom is -0.398 e. The fourth-order valence-corrected chi connectivity index (χ4v) is 3.28. The summed E-state index contributed by atoms with van der Waals surface area (Å²) in [6.45, 7) is 3.59. The van der Waals surface area contributed by atoms with Crippen LogP contribution in [-0.2, 0) is 0 Å². The normalized spacial score (nSPS) is 17.2. The molecule has 0 heterocycles. The summed E-state index contributed by atoms with van der Waals surface area (Å²) in [4.78, 5) is 4.10. The molecule has 24 heavy (non-hydrogen) atoms. The molecule has 122 valence electrons. The monoisotopic (exact) mass is 357 g/mol. The van der Waals surface area contributed by atoms with Gasteiger partial charge in [0.05, 0.1) is 10.0 Å². The quantitative estimate of drug-likeness (QED) is 0.781. The molecular weight excluding hydrogens is 341 g/mol. The van der Waals surface area contributed by atoms with Gasteiger partial charge in [-0.3, -0.25) is 0 Å². The van der Waals surface area contributed by atoms with Gasteiger partial charge in [0.25, 0.3) is 0 Å². The molecule has 3 rings (SSSR count). The average molecular weight is 358 g/mol. The minimum atomic E-state index is 0.121. The molecule has 5 heteroatoms. The first kappa shape index (κ1) is 16.6. The lowest BCUT2D eigenvalue weighted by Gasteiger charge is -2.28. The van der Waals surface area contributed by atoms with Gasteiger partial charge < -0.3 is 11.5 Å². The first-order valence-electron chi connectivity index (χ1n) is 7.48. The Hall–Kier alpha value is -2.23. The molecule has 0 bridgehead atoms. The van der Waals surface area contributed by atoms with Gasteiger partial charge >= 0.3 is 0 Å². The van der Waals surface area contributed by atoms with Crippen molar-refractivity contribution in [3.8, 4) is 0 Å². The Balaban J connectivity index is 2.11.